The van der Waals surface area contributed by atoms with E-state index in [9.17, 15) is 4.79 Å². The van der Waals surface area contributed by atoms with E-state index in [2.05, 4.69) is 12.2 Å². The zero-order valence-electron chi connectivity index (χ0n) is 10.7. The Bertz CT molecular complexity index is 396. The van der Waals surface area contributed by atoms with Crippen molar-refractivity contribution in [2.24, 2.45) is 0 Å². The van der Waals surface area contributed by atoms with Crippen LogP contribution in [0.4, 0.5) is 0 Å². The average molecular weight is 287 g/mol. The lowest BCUT2D eigenvalue weighted by Gasteiger charge is -2.34. The lowest BCUT2D eigenvalue weighted by atomic mass is 10.1. The second kappa shape index (κ2) is 7.02. The van der Waals surface area contributed by atoms with Gasteiger partial charge in [-0.25, -0.2) is 0 Å². The van der Waals surface area contributed by atoms with E-state index < -0.39 is 0 Å². The van der Waals surface area contributed by atoms with E-state index in [1.165, 1.54) is 4.90 Å². The molecule has 18 heavy (non-hydrogen) atoms. The Morgan fingerprint density at radius 2 is 2.06 bits per heavy atom. The highest BCUT2D eigenvalue weighted by Gasteiger charge is 2.23. The van der Waals surface area contributed by atoms with Gasteiger partial charge in [0.25, 0.3) is 5.91 Å². The van der Waals surface area contributed by atoms with Crippen molar-refractivity contribution in [3.8, 4) is 0 Å². The Labute approximate surface area is 119 Å². The molecule has 0 spiro atoms. The number of amides is 1. The Morgan fingerprint density at radius 3 is 2.61 bits per heavy atom. The van der Waals surface area contributed by atoms with Crippen molar-refractivity contribution >= 4 is 30.1 Å². The van der Waals surface area contributed by atoms with Gasteiger partial charge in [0, 0.05) is 36.1 Å². The molecule has 1 fully saturated rings. The topological polar surface area (TPSA) is 32.3 Å². The molecule has 1 saturated heterocycles. The first-order valence-electron chi connectivity index (χ1n) is 5.88. The highest BCUT2D eigenvalue weighted by atomic mass is 35.5. The Kier molecular flexibility index (Phi) is 5.99. The minimum absolute atomic E-state index is 0. The molecule has 1 aliphatic heterocycles. The Morgan fingerprint density at radius 1 is 1.39 bits per heavy atom. The van der Waals surface area contributed by atoms with Crippen LogP contribution in [0.15, 0.2) is 29.2 Å². The molecule has 1 aliphatic rings. The summed E-state index contributed by atoms with van der Waals surface area (Å²) in [7, 11) is 0. The zero-order chi connectivity index (χ0) is 12.3. The summed E-state index contributed by atoms with van der Waals surface area (Å²) in [5, 5.41) is 3.29. The average Bonchev–Trinajstić information content (AvgIpc) is 2.39. The van der Waals surface area contributed by atoms with Crippen LogP contribution in [-0.4, -0.2) is 42.7 Å². The lowest BCUT2D eigenvalue weighted by molar-refractivity contribution is 0.0655. The van der Waals surface area contributed by atoms with Gasteiger partial charge in [-0.1, -0.05) is 0 Å². The number of nitrogens with zero attached hydrogens (tertiary/aromatic N) is 1. The van der Waals surface area contributed by atoms with Gasteiger partial charge >= 0.3 is 0 Å². The number of nitrogens with one attached hydrogen (secondary N) is 1. The molecule has 100 valence electrons. The van der Waals surface area contributed by atoms with E-state index in [-0.39, 0.29) is 24.4 Å². The summed E-state index contributed by atoms with van der Waals surface area (Å²) in [5.41, 5.74) is 0.788. The summed E-state index contributed by atoms with van der Waals surface area (Å²) in [6.07, 6.45) is 2.04. The number of carbonyl (C=O) groups is 1. The minimum atomic E-state index is 0. The van der Waals surface area contributed by atoms with E-state index in [1.54, 1.807) is 11.8 Å². The highest BCUT2D eigenvalue weighted by molar-refractivity contribution is 7.98. The highest BCUT2D eigenvalue weighted by Crippen LogP contribution is 2.17. The summed E-state index contributed by atoms with van der Waals surface area (Å²) >= 11 is 1.69. The van der Waals surface area contributed by atoms with Crippen LogP contribution in [0.3, 0.4) is 0 Å². The second-order valence-corrected chi connectivity index (χ2v) is 5.16. The molecule has 0 aliphatic carbocycles. The lowest BCUT2D eigenvalue weighted by Crippen LogP contribution is -2.52. The predicted octanol–water partition coefficient (Wildman–Crippen LogP) is 2.26. The molecule has 1 heterocycles. The summed E-state index contributed by atoms with van der Waals surface area (Å²) in [6.45, 7) is 4.65. The van der Waals surface area contributed by atoms with Crippen molar-refractivity contribution in [2.45, 2.75) is 17.9 Å². The third-order valence-corrected chi connectivity index (χ3v) is 3.84. The molecular weight excluding hydrogens is 268 g/mol. The number of thioether (sulfide) groups is 1. The predicted molar refractivity (Wildman–Crippen MR) is 78.8 cm³/mol. The van der Waals surface area contributed by atoms with E-state index in [0.29, 0.717) is 0 Å². The number of carbonyl (C=O) groups excluding carboxylic acids is 1. The van der Waals surface area contributed by atoms with Crippen LogP contribution in [0.1, 0.15) is 17.3 Å². The maximum atomic E-state index is 12.3. The van der Waals surface area contributed by atoms with Gasteiger partial charge in [-0.15, -0.1) is 24.2 Å². The van der Waals surface area contributed by atoms with Crippen LogP contribution in [0.25, 0.3) is 0 Å². The van der Waals surface area contributed by atoms with Gasteiger partial charge in [0.15, 0.2) is 0 Å². The van der Waals surface area contributed by atoms with Crippen LogP contribution in [0.2, 0.25) is 0 Å². The van der Waals surface area contributed by atoms with Crippen molar-refractivity contribution in [2.75, 3.05) is 25.9 Å². The van der Waals surface area contributed by atoms with Gasteiger partial charge in [-0.2, -0.15) is 0 Å². The van der Waals surface area contributed by atoms with Crippen molar-refractivity contribution in [3.63, 3.8) is 0 Å². The molecule has 1 amide bonds. The summed E-state index contributed by atoms with van der Waals surface area (Å²) < 4.78 is 0. The zero-order valence-corrected chi connectivity index (χ0v) is 12.3. The van der Waals surface area contributed by atoms with Gasteiger partial charge in [-0.05, 0) is 37.4 Å². The van der Waals surface area contributed by atoms with Crippen LogP contribution in [0.5, 0.6) is 0 Å². The Balaban J connectivity index is 0.00000162. The normalized spacial score (nSPS) is 19.2. The maximum absolute atomic E-state index is 12.3. The van der Waals surface area contributed by atoms with Crippen LogP contribution < -0.4 is 5.32 Å². The van der Waals surface area contributed by atoms with Crippen LogP contribution in [-0.2, 0) is 0 Å². The Hall–Kier alpha value is -0.710. The maximum Gasteiger partial charge on any atom is 0.254 e. The standard InChI is InChI=1S/C13H18N2OS.ClH/c1-10-9-14-7-8-15(10)13(16)11-3-5-12(17-2)6-4-11;/h3-6,10,14H,7-9H2,1-2H3;1H/t10-;/m0./s1. The van der Waals surface area contributed by atoms with E-state index in [1.807, 2.05) is 35.4 Å². The number of hydrogen-bond donors (Lipinski definition) is 1. The quantitative estimate of drug-likeness (QED) is 0.847. The fourth-order valence-corrected chi connectivity index (χ4v) is 2.45. The van der Waals surface area contributed by atoms with Crippen molar-refractivity contribution < 1.29 is 4.79 Å². The molecule has 2 rings (SSSR count). The number of hydrogen-bond acceptors (Lipinski definition) is 3. The number of piperazine rings is 1. The first kappa shape index (κ1) is 15.3. The molecule has 1 N–H and O–H groups in total. The SMILES string of the molecule is CSc1ccc(C(=O)N2CCNC[C@@H]2C)cc1.Cl. The van der Waals surface area contributed by atoms with E-state index in [0.717, 1.165) is 25.2 Å². The van der Waals surface area contributed by atoms with Gasteiger partial charge < -0.3 is 10.2 Å². The van der Waals surface area contributed by atoms with Gasteiger partial charge in [-0.3, -0.25) is 4.79 Å². The molecule has 5 heteroatoms. The molecular formula is C13H19ClN2OS. The fraction of sp³-hybridized carbons (Fsp3) is 0.462. The van der Waals surface area contributed by atoms with Crippen molar-refractivity contribution in [1.82, 2.24) is 10.2 Å². The largest absolute Gasteiger partial charge is 0.333 e. The summed E-state index contributed by atoms with van der Waals surface area (Å²) in [4.78, 5) is 15.4. The molecule has 1 atom stereocenters. The second-order valence-electron chi connectivity index (χ2n) is 4.28. The number of benzene rings is 1. The molecule has 3 nitrogen and oxygen atoms in total. The first-order valence-corrected chi connectivity index (χ1v) is 7.10. The summed E-state index contributed by atoms with van der Waals surface area (Å²) in [5.74, 6) is 0.145. The van der Waals surface area contributed by atoms with E-state index in [4.69, 9.17) is 0 Å². The first-order chi connectivity index (χ1) is 8.22. The minimum Gasteiger partial charge on any atom is -0.333 e. The number of halogens is 1. The smallest absolute Gasteiger partial charge is 0.254 e. The molecule has 0 bridgehead atoms. The molecule has 1 aromatic carbocycles. The van der Waals surface area contributed by atoms with E-state index >= 15 is 0 Å². The monoisotopic (exact) mass is 286 g/mol. The van der Waals surface area contributed by atoms with Crippen LogP contribution in [0, 0.1) is 0 Å². The van der Waals surface area contributed by atoms with Crippen LogP contribution >= 0.6 is 24.2 Å². The molecule has 1 aromatic rings. The van der Waals surface area contributed by atoms with Crippen molar-refractivity contribution in [3.05, 3.63) is 29.8 Å². The fourth-order valence-electron chi connectivity index (χ4n) is 2.04. The third kappa shape index (κ3) is 3.40. The van der Waals surface area contributed by atoms with Gasteiger partial charge in [0.1, 0.15) is 0 Å². The molecule has 0 saturated carbocycles. The van der Waals surface area contributed by atoms with Crippen molar-refractivity contribution in [1.29, 1.82) is 0 Å². The number of rotatable bonds is 2. The molecule has 0 unspecified atom stereocenters. The van der Waals surface area contributed by atoms with Gasteiger partial charge in [0.05, 0.1) is 0 Å². The molecule has 0 aromatic heterocycles. The third-order valence-electron chi connectivity index (χ3n) is 3.10. The van der Waals surface area contributed by atoms with Gasteiger partial charge in [0.2, 0.25) is 0 Å². The summed E-state index contributed by atoms with van der Waals surface area (Å²) in [6, 6.07) is 8.12. The molecule has 0 radical (unpaired) electrons.